The van der Waals surface area contributed by atoms with Crippen molar-refractivity contribution in [1.82, 2.24) is 15.6 Å². The van der Waals surface area contributed by atoms with Crippen molar-refractivity contribution in [2.45, 2.75) is 11.9 Å². The van der Waals surface area contributed by atoms with Gasteiger partial charge in [0.05, 0.1) is 35.6 Å². The first kappa shape index (κ1) is 15.2. The van der Waals surface area contributed by atoms with Gasteiger partial charge in [-0.3, -0.25) is 0 Å². The molecular weight excluding hydrogens is 292 g/mol. The van der Waals surface area contributed by atoms with E-state index in [9.17, 15) is 9.59 Å². The van der Waals surface area contributed by atoms with Crippen molar-refractivity contribution in [3.63, 3.8) is 0 Å². The fourth-order valence-electron chi connectivity index (χ4n) is 1.69. The number of carbonyl (C=O) groups is 2. The molecule has 1 aromatic rings. The minimum absolute atomic E-state index is 0.162. The lowest BCUT2D eigenvalue weighted by Crippen LogP contribution is -2.44. The zero-order valence-electron chi connectivity index (χ0n) is 11.5. The van der Waals surface area contributed by atoms with Gasteiger partial charge in [-0.15, -0.1) is 11.8 Å². The van der Waals surface area contributed by atoms with Gasteiger partial charge in [0.2, 0.25) is 0 Å². The largest absolute Gasteiger partial charge is 0.463 e. The summed E-state index contributed by atoms with van der Waals surface area (Å²) in [5, 5.41) is 5.96. The smallest absolute Gasteiger partial charge is 0.337 e. The maximum absolute atomic E-state index is 11.9. The molecule has 0 spiro atoms. The second-order valence-corrected chi connectivity index (χ2v) is 5.20. The Kier molecular flexibility index (Phi) is 5.04. The molecular formula is C13H16N4O3S. The molecule has 0 aliphatic carbocycles. The Morgan fingerprint density at radius 2 is 2.33 bits per heavy atom. The number of urea groups is 1. The first-order chi connectivity index (χ1) is 10.1. The first-order valence-electron chi connectivity index (χ1n) is 6.38. The molecule has 4 N–H and O–H groups in total. The summed E-state index contributed by atoms with van der Waals surface area (Å²) in [5.41, 5.74) is 7.13. The van der Waals surface area contributed by atoms with Crippen molar-refractivity contribution in [2.75, 3.05) is 24.6 Å². The van der Waals surface area contributed by atoms with Gasteiger partial charge < -0.3 is 21.1 Å². The molecule has 2 amide bonds. The number of hydrogen-bond acceptors (Lipinski definition) is 6. The molecule has 8 heteroatoms. The summed E-state index contributed by atoms with van der Waals surface area (Å²) in [7, 11) is 0. The molecule has 1 aliphatic heterocycles. The third kappa shape index (κ3) is 4.12. The zero-order valence-corrected chi connectivity index (χ0v) is 12.3. The molecule has 21 heavy (non-hydrogen) atoms. The van der Waals surface area contributed by atoms with Crippen molar-refractivity contribution >= 4 is 29.4 Å². The molecule has 0 unspecified atom stereocenters. The van der Waals surface area contributed by atoms with E-state index in [4.69, 9.17) is 10.5 Å². The van der Waals surface area contributed by atoms with Crippen LogP contribution in [0.1, 0.15) is 6.92 Å². The summed E-state index contributed by atoms with van der Waals surface area (Å²) >= 11 is 1.40. The molecule has 2 heterocycles. The van der Waals surface area contributed by atoms with Gasteiger partial charge in [-0.2, -0.15) is 0 Å². The van der Waals surface area contributed by atoms with E-state index in [1.54, 1.807) is 25.3 Å². The van der Waals surface area contributed by atoms with Crippen LogP contribution in [0, 0.1) is 0 Å². The highest BCUT2D eigenvalue weighted by atomic mass is 32.2. The number of aromatic nitrogens is 1. The van der Waals surface area contributed by atoms with Gasteiger partial charge in [-0.1, -0.05) is 0 Å². The van der Waals surface area contributed by atoms with Crippen LogP contribution in [0.3, 0.4) is 0 Å². The molecule has 0 fully saturated rings. The third-order valence-corrected chi connectivity index (χ3v) is 3.67. The van der Waals surface area contributed by atoms with E-state index in [0.29, 0.717) is 22.7 Å². The molecule has 1 aliphatic rings. The average Bonchev–Trinajstić information content (AvgIpc) is 2.47. The Bertz CT molecular complexity index is 571. The molecule has 0 saturated heterocycles. The van der Waals surface area contributed by atoms with Crippen LogP contribution >= 0.6 is 11.8 Å². The Labute approximate surface area is 126 Å². The molecule has 0 bridgehead atoms. The van der Waals surface area contributed by atoms with Crippen molar-refractivity contribution in [2.24, 2.45) is 0 Å². The number of hydrogen-bond donors (Lipinski definition) is 3. The SMILES string of the molecule is CCOC(=O)C1=C(CSc2ccc(N)cn2)NC(=O)NC1. The lowest BCUT2D eigenvalue weighted by atomic mass is 10.2. The van der Waals surface area contributed by atoms with E-state index in [2.05, 4.69) is 15.6 Å². The maximum atomic E-state index is 11.9. The van der Waals surface area contributed by atoms with Crippen LogP contribution in [0.2, 0.25) is 0 Å². The number of ether oxygens (including phenoxy) is 1. The molecule has 0 radical (unpaired) electrons. The maximum Gasteiger partial charge on any atom is 0.337 e. The number of nitrogens with two attached hydrogens (primary N) is 1. The minimum Gasteiger partial charge on any atom is -0.463 e. The van der Waals surface area contributed by atoms with Crippen molar-refractivity contribution in [3.8, 4) is 0 Å². The predicted molar refractivity (Wildman–Crippen MR) is 79.6 cm³/mol. The van der Waals surface area contributed by atoms with Crippen molar-refractivity contribution in [3.05, 3.63) is 29.6 Å². The van der Waals surface area contributed by atoms with Crippen LogP contribution in [-0.4, -0.2) is 35.9 Å². The number of pyridine rings is 1. The van der Waals surface area contributed by atoms with Gasteiger partial charge in [0.15, 0.2) is 0 Å². The summed E-state index contributed by atoms with van der Waals surface area (Å²) in [6, 6.07) is 3.20. The topological polar surface area (TPSA) is 106 Å². The summed E-state index contributed by atoms with van der Waals surface area (Å²) in [6.45, 7) is 2.19. The van der Waals surface area contributed by atoms with Crippen LogP contribution in [0.15, 0.2) is 34.6 Å². The first-order valence-corrected chi connectivity index (χ1v) is 7.37. The van der Waals surface area contributed by atoms with Gasteiger partial charge in [-0.05, 0) is 19.1 Å². The number of esters is 1. The third-order valence-electron chi connectivity index (χ3n) is 2.70. The van der Waals surface area contributed by atoms with Crippen LogP contribution in [-0.2, 0) is 9.53 Å². The monoisotopic (exact) mass is 308 g/mol. The van der Waals surface area contributed by atoms with Gasteiger partial charge in [0.25, 0.3) is 0 Å². The van der Waals surface area contributed by atoms with Gasteiger partial charge in [-0.25, -0.2) is 14.6 Å². The number of nitrogen functional groups attached to an aromatic ring is 1. The Morgan fingerprint density at radius 3 is 3.00 bits per heavy atom. The number of anilines is 1. The molecule has 112 valence electrons. The molecule has 0 aromatic carbocycles. The molecule has 2 rings (SSSR count). The summed E-state index contributed by atoms with van der Waals surface area (Å²) < 4.78 is 4.99. The minimum atomic E-state index is -0.425. The number of amides is 2. The van der Waals surface area contributed by atoms with Gasteiger partial charge in [0.1, 0.15) is 0 Å². The molecule has 0 atom stereocenters. The number of thioether (sulfide) groups is 1. The highest BCUT2D eigenvalue weighted by Crippen LogP contribution is 2.21. The Balaban J connectivity index is 2.10. The molecule has 1 aromatic heterocycles. The lowest BCUT2D eigenvalue weighted by Gasteiger charge is -2.20. The lowest BCUT2D eigenvalue weighted by molar-refractivity contribution is -0.138. The van der Waals surface area contributed by atoms with Crippen LogP contribution < -0.4 is 16.4 Å². The van der Waals surface area contributed by atoms with Crippen LogP contribution in [0.5, 0.6) is 0 Å². The second kappa shape index (κ2) is 6.98. The van der Waals surface area contributed by atoms with E-state index < -0.39 is 5.97 Å². The molecule has 7 nitrogen and oxygen atoms in total. The Morgan fingerprint density at radius 1 is 1.52 bits per heavy atom. The summed E-state index contributed by atoms with van der Waals surface area (Å²) in [6.07, 6.45) is 1.56. The standard InChI is InChI=1S/C13H16N4O3S/c1-2-20-12(18)9-6-16-13(19)17-10(9)7-21-11-4-3-8(14)5-15-11/h3-5H,2,6-7,14H2,1H3,(H2,16,17,19). The molecule has 0 saturated carbocycles. The zero-order chi connectivity index (χ0) is 15.2. The van der Waals surface area contributed by atoms with Crippen LogP contribution in [0.4, 0.5) is 10.5 Å². The number of rotatable bonds is 5. The quantitative estimate of drug-likeness (QED) is 0.551. The number of nitrogens with one attached hydrogen (secondary N) is 2. The van der Waals surface area contributed by atoms with E-state index in [0.717, 1.165) is 5.03 Å². The van der Waals surface area contributed by atoms with E-state index in [1.165, 1.54) is 11.8 Å². The van der Waals surface area contributed by atoms with Gasteiger partial charge in [0, 0.05) is 11.4 Å². The summed E-state index contributed by atoms with van der Waals surface area (Å²) in [5.74, 6) is -0.00996. The van der Waals surface area contributed by atoms with Crippen molar-refractivity contribution < 1.29 is 14.3 Å². The highest BCUT2D eigenvalue weighted by molar-refractivity contribution is 7.99. The normalized spacial score (nSPS) is 14.4. The predicted octanol–water partition coefficient (Wildman–Crippen LogP) is 0.886. The van der Waals surface area contributed by atoms with E-state index in [-0.39, 0.29) is 19.2 Å². The van der Waals surface area contributed by atoms with Gasteiger partial charge >= 0.3 is 12.0 Å². The fourth-order valence-corrected chi connectivity index (χ4v) is 2.52. The van der Waals surface area contributed by atoms with E-state index in [1.807, 2.05) is 0 Å². The van der Waals surface area contributed by atoms with Crippen LogP contribution in [0.25, 0.3) is 0 Å². The Hall–Kier alpha value is -2.22. The number of carbonyl (C=O) groups excluding carboxylic acids is 2. The summed E-state index contributed by atoms with van der Waals surface area (Å²) in [4.78, 5) is 27.4. The second-order valence-electron chi connectivity index (χ2n) is 4.20. The van der Waals surface area contributed by atoms with Crippen molar-refractivity contribution in [1.29, 1.82) is 0 Å². The van der Waals surface area contributed by atoms with E-state index >= 15 is 0 Å². The fraction of sp³-hybridized carbons (Fsp3) is 0.308. The highest BCUT2D eigenvalue weighted by Gasteiger charge is 2.23. The average molecular weight is 308 g/mol. The number of nitrogens with zero attached hydrogens (tertiary/aromatic N) is 1.